The average molecular weight is 187 g/mol. The van der Waals surface area contributed by atoms with E-state index in [4.69, 9.17) is 5.11 Å². The highest BCUT2D eigenvalue weighted by atomic mass is 16.4. The molecule has 0 bridgehead atoms. The molecule has 0 spiro atoms. The van der Waals surface area contributed by atoms with Gasteiger partial charge in [-0.1, -0.05) is 0 Å². The summed E-state index contributed by atoms with van der Waals surface area (Å²) >= 11 is 0. The summed E-state index contributed by atoms with van der Waals surface area (Å²) in [5.41, 5.74) is -0.948. The third kappa shape index (κ3) is 2.42. The van der Waals surface area contributed by atoms with Crippen molar-refractivity contribution < 1.29 is 15.0 Å². The van der Waals surface area contributed by atoms with Crippen molar-refractivity contribution >= 4 is 5.97 Å². The van der Waals surface area contributed by atoms with E-state index in [0.29, 0.717) is 0 Å². The van der Waals surface area contributed by atoms with E-state index in [2.05, 4.69) is 5.32 Å². The molecule has 13 heavy (non-hydrogen) atoms. The minimum Gasteiger partial charge on any atom is -0.480 e. The molecule has 0 radical (unpaired) electrons. The molecule has 1 aliphatic carbocycles. The second-order valence-electron chi connectivity index (χ2n) is 4.18. The van der Waals surface area contributed by atoms with Crippen molar-refractivity contribution in [2.45, 2.75) is 50.8 Å². The number of hydrogen-bond donors (Lipinski definition) is 3. The van der Waals surface area contributed by atoms with Crippen molar-refractivity contribution in [2.75, 3.05) is 0 Å². The van der Waals surface area contributed by atoms with E-state index in [0.717, 1.165) is 19.3 Å². The summed E-state index contributed by atoms with van der Waals surface area (Å²) in [6, 6.07) is -0.0638. The largest absolute Gasteiger partial charge is 0.480 e. The Morgan fingerprint density at radius 3 is 2.46 bits per heavy atom. The van der Waals surface area contributed by atoms with E-state index >= 15 is 0 Å². The van der Waals surface area contributed by atoms with Gasteiger partial charge in [0.1, 0.15) is 5.54 Å². The van der Waals surface area contributed by atoms with Gasteiger partial charge in [-0.15, -0.1) is 0 Å². The zero-order chi connectivity index (χ0) is 10.1. The molecule has 4 nitrogen and oxygen atoms in total. The molecule has 0 aliphatic heterocycles. The van der Waals surface area contributed by atoms with Crippen molar-refractivity contribution in [3.05, 3.63) is 0 Å². The van der Waals surface area contributed by atoms with E-state index in [9.17, 15) is 9.90 Å². The van der Waals surface area contributed by atoms with Gasteiger partial charge in [0, 0.05) is 6.04 Å². The fraction of sp³-hybridized carbons (Fsp3) is 0.889. The highest BCUT2D eigenvalue weighted by Gasteiger charge is 2.34. The maximum absolute atomic E-state index is 10.8. The van der Waals surface area contributed by atoms with E-state index in [-0.39, 0.29) is 6.04 Å². The van der Waals surface area contributed by atoms with Crippen LogP contribution in [0.25, 0.3) is 0 Å². The Morgan fingerprint density at radius 1 is 1.46 bits per heavy atom. The molecule has 1 aliphatic rings. The molecule has 0 aromatic rings. The lowest BCUT2D eigenvalue weighted by atomic mass is 10.0. The molecular weight excluding hydrogens is 170 g/mol. The van der Waals surface area contributed by atoms with Gasteiger partial charge in [0.05, 0.1) is 6.10 Å². The lowest BCUT2D eigenvalue weighted by Gasteiger charge is -2.27. The first-order valence-electron chi connectivity index (χ1n) is 4.62. The maximum Gasteiger partial charge on any atom is 0.323 e. The summed E-state index contributed by atoms with van der Waals surface area (Å²) in [6.07, 6.45) is 2.21. The van der Waals surface area contributed by atoms with E-state index in [1.807, 2.05) is 0 Å². The Bertz CT molecular complexity index is 203. The Balaban J connectivity index is 2.52. The number of rotatable bonds is 3. The van der Waals surface area contributed by atoms with E-state index in [1.54, 1.807) is 13.8 Å². The molecule has 0 heterocycles. The summed E-state index contributed by atoms with van der Waals surface area (Å²) in [4.78, 5) is 10.8. The highest BCUT2D eigenvalue weighted by molar-refractivity contribution is 5.77. The molecule has 2 unspecified atom stereocenters. The van der Waals surface area contributed by atoms with Crippen LogP contribution in [0.2, 0.25) is 0 Å². The first-order chi connectivity index (χ1) is 5.93. The van der Waals surface area contributed by atoms with E-state index < -0.39 is 17.6 Å². The molecule has 0 saturated heterocycles. The van der Waals surface area contributed by atoms with Gasteiger partial charge in [-0.3, -0.25) is 10.1 Å². The zero-order valence-electron chi connectivity index (χ0n) is 8.08. The summed E-state index contributed by atoms with van der Waals surface area (Å²) in [5, 5.41) is 21.3. The number of hydrogen-bond acceptors (Lipinski definition) is 3. The van der Waals surface area contributed by atoms with Crippen LogP contribution in [0.3, 0.4) is 0 Å². The number of aliphatic carboxylic acids is 1. The van der Waals surface area contributed by atoms with E-state index in [1.165, 1.54) is 0 Å². The topological polar surface area (TPSA) is 69.6 Å². The third-order valence-corrected chi connectivity index (χ3v) is 2.56. The lowest BCUT2D eigenvalue weighted by Crippen LogP contribution is -2.53. The molecule has 1 rings (SSSR count). The molecule has 3 N–H and O–H groups in total. The zero-order valence-corrected chi connectivity index (χ0v) is 8.08. The molecule has 76 valence electrons. The second kappa shape index (κ2) is 3.64. The number of carbonyl (C=O) groups is 1. The molecule has 2 atom stereocenters. The Hall–Kier alpha value is -0.610. The standard InChI is InChI=1S/C9H17NO3/c1-9(2,8(12)13)10-6-4-3-5-7(6)11/h6-7,10-11H,3-5H2,1-2H3,(H,12,13). The van der Waals surface area contributed by atoms with Gasteiger partial charge >= 0.3 is 5.97 Å². The molecular formula is C9H17NO3. The van der Waals surface area contributed by atoms with Crippen molar-refractivity contribution in [3.8, 4) is 0 Å². The minimum absolute atomic E-state index is 0.0638. The normalized spacial score (nSPS) is 29.2. The van der Waals surface area contributed by atoms with Gasteiger partial charge in [0.2, 0.25) is 0 Å². The lowest BCUT2D eigenvalue weighted by molar-refractivity contribution is -0.144. The van der Waals surface area contributed by atoms with Crippen LogP contribution in [-0.2, 0) is 4.79 Å². The monoisotopic (exact) mass is 187 g/mol. The first-order valence-corrected chi connectivity index (χ1v) is 4.62. The minimum atomic E-state index is -0.948. The van der Waals surface area contributed by atoms with Crippen LogP contribution in [0.1, 0.15) is 33.1 Å². The van der Waals surface area contributed by atoms with Gasteiger partial charge in [-0.2, -0.15) is 0 Å². The summed E-state index contributed by atoms with van der Waals surface area (Å²) < 4.78 is 0. The van der Waals surface area contributed by atoms with Crippen molar-refractivity contribution in [1.29, 1.82) is 0 Å². The molecule has 1 saturated carbocycles. The molecule has 0 aromatic heterocycles. The molecule has 0 amide bonds. The summed E-state index contributed by atoms with van der Waals surface area (Å²) in [5.74, 6) is -0.883. The Labute approximate surface area is 78.0 Å². The smallest absolute Gasteiger partial charge is 0.323 e. The van der Waals surface area contributed by atoms with Crippen molar-refractivity contribution in [3.63, 3.8) is 0 Å². The fourth-order valence-corrected chi connectivity index (χ4v) is 1.63. The van der Waals surface area contributed by atoms with Crippen LogP contribution in [0.15, 0.2) is 0 Å². The van der Waals surface area contributed by atoms with Crippen molar-refractivity contribution in [2.24, 2.45) is 0 Å². The number of aliphatic hydroxyl groups is 1. The van der Waals surface area contributed by atoms with Crippen molar-refractivity contribution in [1.82, 2.24) is 5.32 Å². The van der Waals surface area contributed by atoms with Gasteiger partial charge < -0.3 is 10.2 Å². The average Bonchev–Trinajstić information content (AvgIpc) is 2.35. The van der Waals surface area contributed by atoms with Crippen LogP contribution < -0.4 is 5.32 Å². The van der Waals surface area contributed by atoms with Crippen LogP contribution in [0.5, 0.6) is 0 Å². The van der Waals surface area contributed by atoms with Gasteiger partial charge in [0.25, 0.3) is 0 Å². The fourth-order valence-electron chi connectivity index (χ4n) is 1.63. The maximum atomic E-state index is 10.8. The Morgan fingerprint density at radius 2 is 2.08 bits per heavy atom. The van der Waals surface area contributed by atoms with Gasteiger partial charge in [0.15, 0.2) is 0 Å². The highest BCUT2D eigenvalue weighted by Crippen LogP contribution is 2.21. The first kappa shape index (κ1) is 10.5. The number of nitrogens with one attached hydrogen (secondary N) is 1. The SMILES string of the molecule is CC(C)(NC1CCCC1O)C(=O)O. The number of aliphatic hydroxyl groups excluding tert-OH is 1. The van der Waals surface area contributed by atoms with Gasteiger partial charge in [-0.05, 0) is 33.1 Å². The van der Waals surface area contributed by atoms with Crippen LogP contribution in [0, 0.1) is 0 Å². The number of carboxylic acids is 1. The second-order valence-corrected chi connectivity index (χ2v) is 4.18. The summed E-state index contributed by atoms with van der Waals surface area (Å²) in [6.45, 7) is 3.22. The predicted molar refractivity (Wildman–Crippen MR) is 48.5 cm³/mol. The third-order valence-electron chi connectivity index (χ3n) is 2.56. The summed E-state index contributed by atoms with van der Waals surface area (Å²) in [7, 11) is 0. The van der Waals surface area contributed by atoms with Crippen LogP contribution in [-0.4, -0.2) is 33.9 Å². The molecule has 4 heteroatoms. The quantitative estimate of drug-likeness (QED) is 0.596. The van der Waals surface area contributed by atoms with Crippen LogP contribution in [0.4, 0.5) is 0 Å². The number of carboxylic acid groups (broad SMARTS) is 1. The van der Waals surface area contributed by atoms with Crippen LogP contribution >= 0.6 is 0 Å². The predicted octanol–water partition coefficient (Wildman–Crippen LogP) is 0.353. The Kier molecular flexibility index (Phi) is 2.93. The molecule has 1 fully saturated rings. The molecule has 0 aromatic carbocycles. The van der Waals surface area contributed by atoms with Gasteiger partial charge in [-0.25, -0.2) is 0 Å².